The van der Waals surface area contributed by atoms with E-state index in [9.17, 15) is 15.0 Å². The van der Waals surface area contributed by atoms with Crippen LogP contribution in [0.4, 0.5) is 23.0 Å². The van der Waals surface area contributed by atoms with Crippen LogP contribution in [0.25, 0.3) is 32.9 Å². The molecule has 2 aliphatic heterocycles. The molecule has 11 nitrogen and oxygen atoms in total. The Labute approximate surface area is 306 Å². The van der Waals surface area contributed by atoms with E-state index in [2.05, 4.69) is 55.5 Å². The first kappa shape index (κ1) is 33.9. The number of β-amino-alcohol motifs (C(OH)–C–C–N with tert-alkyl or cyclic N) is 1. The summed E-state index contributed by atoms with van der Waals surface area (Å²) in [6.45, 7) is 6.36. The Kier molecular flexibility index (Phi) is 9.42. The third kappa shape index (κ3) is 7.00. The lowest BCUT2D eigenvalue weighted by Gasteiger charge is -2.18. The molecular weight excluding hydrogens is 676 g/mol. The van der Waals surface area contributed by atoms with E-state index in [-0.39, 0.29) is 12.0 Å². The fraction of sp³-hybridized carbons (Fsp3) is 0.275. The van der Waals surface area contributed by atoms with Gasteiger partial charge in [0.25, 0.3) is 0 Å². The van der Waals surface area contributed by atoms with Gasteiger partial charge in [0.05, 0.1) is 22.7 Å². The van der Waals surface area contributed by atoms with Crippen LogP contribution in [0.1, 0.15) is 29.5 Å². The van der Waals surface area contributed by atoms with E-state index < -0.39 is 5.97 Å². The fourth-order valence-corrected chi connectivity index (χ4v) is 7.65. The minimum atomic E-state index is -0.732. The van der Waals surface area contributed by atoms with Crippen molar-refractivity contribution in [3.63, 3.8) is 0 Å². The zero-order chi connectivity index (χ0) is 35.8. The molecule has 4 N–H and O–H groups in total. The number of nitrogens with zero attached hydrogens (tertiary/aromatic N) is 6. The summed E-state index contributed by atoms with van der Waals surface area (Å²) in [6, 6.07) is 20.1. The van der Waals surface area contributed by atoms with Gasteiger partial charge in [-0.1, -0.05) is 35.9 Å². The number of aliphatic hydroxyl groups is 1. The van der Waals surface area contributed by atoms with E-state index in [1.54, 1.807) is 12.4 Å². The number of carbonyl (C=O) groups is 1. The maximum atomic E-state index is 11.4. The number of aliphatic carboxylic acids is 1. The average molecular weight is 715 g/mol. The number of nitrogens with one attached hydrogen (secondary N) is 2. The Morgan fingerprint density at radius 2 is 1.37 bits per heavy atom. The van der Waals surface area contributed by atoms with Gasteiger partial charge in [-0.25, -0.2) is 9.97 Å². The van der Waals surface area contributed by atoms with Crippen molar-refractivity contribution < 1.29 is 15.0 Å². The van der Waals surface area contributed by atoms with Crippen LogP contribution < -0.4 is 10.6 Å². The number of hydrogen-bond donors (Lipinski definition) is 4. The number of rotatable bonds is 10. The highest BCUT2D eigenvalue weighted by molar-refractivity contribution is 6.36. The van der Waals surface area contributed by atoms with E-state index in [0.717, 1.165) is 81.4 Å². The number of aromatic nitrogens is 4. The van der Waals surface area contributed by atoms with Crippen LogP contribution in [-0.2, 0) is 17.9 Å². The smallest absolute Gasteiger partial charge is 0.307 e. The van der Waals surface area contributed by atoms with Gasteiger partial charge in [0.1, 0.15) is 11.0 Å². The highest BCUT2D eigenvalue weighted by Gasteiger charge is 2.28. The van der Waals surface area contributed by atoms with Gasteiger partial charge in [0.2, 0.25) is 0 Å². The largest absolute Gasteiger partial charge is 0.481 e. The molecule has 2 unspecified atom stereocenters. The number of hydrogen-bond acceptors (Lipinski definition) is 10. The van der Waals surface area contributed by atoms with Gasteiger partial charge in [-0.15, -0.1) is 0 Å². The molecule has 6 aromatic rings. The Morgan fingerprint density at radius 1 is 0.788 bits per heavy atom. The lowest BCUT2D eigenvalue weighted by molar-refractivity contribution is -0.141. The number of carboxylic acids is 1. The molecule has 8 rings (SSSR count). The molecule has 0 bridgehead atoms. The fourth-order valence-electron chi connectivity index (χ4n) is 7.37. The summed E-state index contributed by atoms with van der Waals surface area (Å²) in [5, 5.41) is 28.7. The first-order valence-corrected chi connectivity index (χ1v) is 17.9. The number of carboxylic acid groups (broad SMARTS) is 1. The number of aliphatic hydroxyl groups excluding tert-OH is 1. The molecule has 0 spiro atoms. The summed E-state index contributed by atoms with van der Waals surface area (Å²) in [5.41, 5.74) is 8.09. The van der Waals surface area contributed by atoms with Crippen LogP contribution in [0, 0.1) is 12.8 Å². The van der Waals surface area contributed by atoms with E-state index in [1.807, 2.05) is 54.9 Å². The predicted molar refractivity (Wildman–Crippen MR) is 204 cm³/mol. The van der Waals surface area contributed by atoms with Crippen molar-refractivity contribution in [1.29, 1.82) is 0 Å². The van der Waals surface area contributed by atoms with Gasteiger partial charge in [0.15, 0.2) is 11.6 Å². The second kappa shape index (κ2) is 14.4. The van der Waals surface area contributed by atoms with Crippen LogP contribution in [-0.4, -0.2) is 78.2 Å². The first-order valence-electron chi connectivity index (χ1n) is 17.5. The quantitative estimate of drug-likeness (QED) is 0.115. The third-order valence-electron chi connectivity index (χ3n) is 10.1. The molecular formula is C40H39ClN8O3. The van der Waals surface area contributed by atoms with Crippen LogP contribution in [0.15, 0.2) is 85.5 Å². The number of fused-ring (bicyclic) bond motifs is 2. The molecule has 4 aromatic heterocycles. The molecule has 2 aliphatic rings. The van der Waals surface area contributed by atoms with Crippen molar-refractivity contribution in [2.24, 2.45) is 5.92 Å². The molecule has 12 heteroatoms. The number of benzene rings is 2. The van der Waals surface area contributed by atoms with Crippen molar-refractivity contribution in [1.82, 2.24) is 29.7 Å². The highest BCUT2D eigenvalue weighted by Crippen LogP contribution is 2.39. The molecule has 2 aromatic carbocycles. The van der Waals surface area contributed by atoms with Crippen molar-refractivity contribution in [3.05, 3.63) is 107 Å². The van der Waals surface area contributed by atoms with Crippen molar-refractivity contribution >= 4 is 62.4 Å². The molecule has 0 saturated carbocycles. The number of pyridine rings is 4. The lowest BCUT2D eigenvalue weighted by Crippen LogP contribution is -2.22. The molecule has 0 aliphatic carbocycles. The summed E-state index contributed by atoms with van der Waals surface area (Å²) in [7, 11) is 0. The molecule has 0 amide bonds. The second-order valence-electron chi connectivity index (χ2n) is 13.8. The van der Waals surface area contributed by atoms with Crippen molar-refractivity contribution in [2.45, 2.75) is 39.0 Å². The Bertz CT molecular complexity index is 2300. The van der Waals surface area contributed by atoms with E-state index in [4.69, 9.17) is 21.6 Å². The molecule has 6 heterocycles. The molecule has 2 fully saturated rings. The zero-order valence-electron chi connectivity index (χ0n) is 28.8. The van der Waals surface area contributed by atoms with Gasteiger partial charge in [-0.2, -0.15) is 0 Å². The third-order valence-corrected chi connectivity index (χ3v) is 10.5. The van der Waals surface area contributed by atoms with Gasteiger partial charge in [-0.05, 0) is 85.0 Å². The number of likely N-dealkylation sites (tertiary alicyclic amines) is 2. The van der Waals surface area contributed by atoms with Gasteiger partial charge in [0, 0.05) is 79.5 Å². The number of anilines is 4. The van der Waals surface area contributed by atoms with Crippen molar-refractivity contribution in [2.75, 3.05) is 36.8 Å². The van der Waals surface area contributed by atoms with Crippen LogP contribution in [0.5, 0.6) is 0 Å². The Morgan fingerprint density at radius 3 is 1.96 bits per heavy atom. The normalized spacial score (nSPS) is 18.0. The highest BCUT2D eigenvalue weighted by atomic mass is 35.5. The summed E-state index contributed by atoms with van der Waals surface area (Å²) < 4.78 is 0. The van der Waals surface area contributed by atoms with Gasteiger partial charge < -0.3 is 20.8 Å². The summed E-state index contributed by atoms with van der Waals surface area (Å²) in [6.07, 6.45) is 8.50. The zero-order valence-corrected chi connectivity index (χ0v) is 29.5. The van der Waals surface area contributed by atoms with Gasteiger partial charge in [-0.3, -0.25) is 24.6 Å². The lowest BCUT2D eigenvalue weighted by atomic mass is 9.98. The minimum Gasteiger partial charge on any atom is -0.481 e. The number of halogens is 1. The molecule has 264 valence electrons. The SMILES string of the molecule is Cc1c(Nc2nccc3cc(CN4CCC(O)C4)cnc23)cccc1-c1cccc(Nc2nccc3cc(CN4CCC(C(=O)O)C4)cnc23)c1Cl. The van der Waals surface area contributed by atoms with Crippen molar-refractivity contribution in [3.8, 4) is 11.1 Å². The summed E-state index contributed by atoms with van der Waals surface area (Å²) in [4.78, 5) is 34.6. The Hall–Kier alpha value is -5.20. The summed E-state index contributed by atoms with van der Waals surface area (Å²) >= 11 is 7.13. The van der Waals surface area contributed by atoms with Gasteiger partial charge >= 0.3 is 5.97 Å². The van der Waals surface area contributed by atoms with E-state index >= 15 is 0 Å². The molecule has 2 atom stereocenters. The minimum absolute atomic E-state index is 0.252. The van der Waals surface area contributed by atoms with Crippen LogP contribution >= 0.6 is 11.6 Å². The maximum Gasteiger partial charge on any atom is 0.307 e. The Balaban J connectivity index is 1.02. The molecule has 2 saturated heterocycles. The monoisotopic (exact) mass is 714 g/mol. The molecule has 52 heavy (non-hydrogen) atoms. The second-order valence-corrected chi connectivity index (χ2v) is 14.2. The van der Waals surface area contributed by atoms with E-state index in [1.165, 1.54) is 0 Å². The maximum absolute atomic E-state index is 11.4. The van der Waals surface area contributed by atoms with Crippen LogP contribution in [0.2, 0.25) is 5.02 Å². The topological polar surface area (TPSA) is 140 Å². The average Bonchev–Trinajstić information content (AvgIpc) is 3.79. The van der Waals surface area contributed by atoms with Crippen LogP contribution in [0.3, 0.4) is 0 Å². The molecule has 0 radical (unpaired) electrons. The predicted octanol–water partition coefficient (Wildman–Crippen LogP) is 7.16. The standard InChI is InChI=1S/C40H39ClN8O3/c1-24-31(4-2-6-33(24)46-38-36-27(8-12-42-38)17-26(19-44-36)21-49-15-11-30(50)23-49)32-5-3-7-34(35(32)41)47-39-37-28(9-13-43-39)16-25(18-45-37)20-48-14-10-29(22-48)40(51)52/h2-9,12-13,16-19,29-30,50H,10-11,14-15,20-23H2,1H3,(H,42,46)(H,43,47)(H,51,52). The first-order chi connectivity index (χ1) is 25.3. The summed E-state index contributed by atoms with van der Waals surface area (Å²) in [5.74, 6) is 0.221. The van der Waals surface area contributed by atoms with E-state index in [0.29, 0.717) is 48.4 Å².